The molecule has 2 fully saturated rings. The first-order chi connectivity index (χ1) is 8.15. The van der Waals surface area contributed by atoms with E-state index in [9.17, 15) is 4.79 Å². The van der Waals surface area contributed by atoms with Crippen molar-refractivity contribution < 1.29 is 9.90 Å². The van der Waals surface area contributed by atoms with Crippen LogP contribution in [0.25, 0.3) is 0 Å². The zero-order valence-corrected chi connectivity index (χ0v) is 10.8. The third-order valence-corrected chi connectivity index (χ3v) is 4.51. The Hall–Kier alpha value is -0.570. The minimum absolute atomic E-state index is 0.108. The number of nitrogens with one attached hydrogen (secondary N) is 1. The molecule has 17 heavy (non-hydrogen) atoms. The van der Waals surface area contributed by atoms with Gasteiger partial charge in [-0.05, 0) is 50.9 Å². The molecular formula is C14H25NO2. The fraction of sp³-hybridized carbons (Fsp3) is 0.929. The van der Waals surface area contributed by atoms with Gasteiger partial charge in [0.15, 0.2) is 0 Å². The fourth-order valence-corrected chi connectivity index (χ4v) is 3.33. The van der Waals surface area contributed by atoms with Crippen LogP contribution in [0.15, 0.2) is 0 Å². The summed E-state index contributed by atoms with van der Waals surface area (Å²) in [6.07, 6.45) is 9.13. The largest absolute Gasteiger partial charge is 0.481 e. The van der Waals surface area contributed by atoms with Crippen molar-refractivity contribution >= 4 is 5.97 Å². The van der Waals surface area contributed by atoms with Crippen molar-refractivity contribution in [1.29, 1.82) is 0 Å². The molecule has 0 aromatic rings. The normalized spacial score (nSPS) is 38.9. The Kier molecular flexibility index (Phi) is 4.43. The molecule has 0 aliphatic heterocycles. The Bertz CT molecular complexity index is 259. The molecule has 0 spiro atoms. The number of carboxylic acids is 1. The van der Waals surface area contributed by atoms with E-state index >= 15 is 0 Å². The van der Waals surface area contributed by atoms with Gasteiger partial charge in [0.05, 0.1) is 5.92 Å². The molecule has 2 saturated carbocycles. The number of carbonyl (C=O) groups is 1. The molecule has 2 aliphatic rings. The molecule has 98 valence electrons. The van der Waals surface area contributed by atoms with E-state index in [1.165, 1.54) is 25.7 Å². The maximum absolute atomic E-state index is 11.0. The highest BCUT2D eigenvalue weighted by atomic mass is 16.4. The summed E-state index contributed by atoms with van der Waals surface area (Å²) in [6.45, 7) is 2.33. The van der Waals surface area contributed by atoms with E-state index < -0.39 is 5.97 Å². The van der Waals surface area contributed by atoms with Gasteiger partial charge >= 0.3 is 5.97 Å². The van der Waals surface area contributed by atoms with Gasteiger partial charge in [0.1, 0.15) is 0 Å². The van der Waals surface area contributed by atoms with Gasteiger partial charge in [0.25, 0.3) is 0 Å². The molecule has 2 unspecified atom stereocenters. The van der Waals surface area contributed by atoms with Crippen LogP contribution in [0.3, 0.4) is 0 Å². The average molecular weight is 239 g/mol. The summed E-state index contributed by atoms with van der Waals surface area (Å²) in [4.78, 5) is 11.0. The van der Waals surface area contributed by atoms with Crippen molar-refractivity contribution in [2.75, 3.05) is 0 Å². The van der Waals surface area contributed by atoms with Gasteiger partial charge in [-0.2, -0.15) is 0 Å². The van der Waals surface area contributed by atoms with Crippen LogP contribution in [0, 0.1) is 11.8 Å². The van der Waals surface area contributed by atoms with Crippen molar-refractivity contribution in [2.45, 2.75) is 70.4 Å². The lowest BCUT2D eigenvalue weighted by Crippen LogP contribution is -2.43. The van der Waals surface area contributed by atoms with E-state index in [1.54, 1.807) is 0 Å². The van der Waals surface area contributed by atoms with E-state index in [2.05, 4.69) is 12.2 Å². The highest BCUT2D eigenvalue weighted by Gasteiger charge is 2.29. The summed E-state index contributed by atoms with van der Waals surface area (Å²) >= 11 is 0. The van der Waals surface area contributed by atoms with Gasteiger partial charge in [-0.15, -0.1) is 0 Å². The molecule has 0 aromatic carbocycles. The second-order valence-corrected chi connectivity index (χ2v) is 6.02. The van der Waals surface area contributed by atoms with Crippen LogP contribution < -0.4 is 5.32 Å². The third kappa shape index (κ3) is 3.70. The van der Waals surface area contributed by atoms with Gasteiger partial charge in [0.2, 0.25) is 0 Å². The summed E-state index contributed by atoms with van der Waals surface area (Å²) in [5.41, 5.74) is 0. The number of rotatable bonds is 3. The molecule has 0 bridgehead atoms. The molecule has 0 heterocycles. The predicted molar refractivity (Wildman–Crippen MR) is 67.9 cm³/mol. The Labute approximate surface area is 104 Å². The number of carboxylic acid groups (broad SMARTS) is 1. The van der Waals surface area contributed by atoms with Crippen molar-refractivity contribution in [2.24, 2.45) is 11.8 Å². The monoisotopic (exact) mass is 239 g/mol. The molecular weight excluding hydrogens is 214 g/mol. The summed E-state index contributed by atoms with van der Waals surface area (Å²) in [5.74, 6) is 0.170. The lowest BCUT2D eigenvalue weighted by atomic mass is 9.83. The molecule has 2 aliphatic carbocycles. The Morgan fingerprint density at radius 3 is 2.41 bits per heavy atom. The van der Waals surface area contributed by atoms with Crippen LogP contribution in [0.1, 0.15) is 58.3 Å². The topological polar surface area (TPSA) is 49.3 Å². The summed E-state index contributed by atoms with van der Waals surface area (Å²) in [7, 11) is 0. The minimum atomic E-state index is -0.603. The van der Waals surface area contributed by atoms with Crippen LogP contribution in [0.2, 0.25) is 0 Å². The van der Waals surface area contributed by atoms with Gasteiger partial charge < -0.3 is 10.4 Å². The van der Waals surface area contributed by atoms with Crippen LogP contribution in [0.4, 0.5) is 0 Å². The molecule has 3 nitrogen and oxygen atoms in total. The molecule has 2 atom stereocenters. The van der Waals surface area contributed by atoms with Gasteiger partial charge in [0, 0.05) is 12.1 Å². The Morgan fingerprint density at radius 2 is 1.76 bits per heavy atom. The fourth-order valence-electron chi connectivity index (χ4n) is 3.33. The zero-order valence-electron chi connectivity index (χ0n) is 10.8. The first-order valence-electron chi connectivity index (χ1n) is 7.14. The van der Waals surface area contributed by atoms with Crippen molar-refractivity contribution in [3.05, 3.63) is 0 Å². The lowest BCUT2D eigenvalue weighted by Gasteiger charge is -2.34. The molecule has 0 radical (unpaired) electrons. The predicted octanol–water partition coefficient (Wildman–Crippen LogP) is 2.80. The molecule has 2 rings (SSSR count). The maximum Gasteiger partial charge on any atom is 0.306 e. The van der Waals surface area contributed by atoms with Crippen LogP contribution in [-0.2, 0) is 4.79 Å². The number of hydrogen-bond acceptors (Lipinski definition) is 2. The molecule has 0 amide bonds. The summed E-state index contributed by atoms with van der Waals surface area (Å²) < 4.78 is 0. The molecule has 3 heteroatoms. The summed E-state index contributed by atoms with van der Waals surface area (Å²) in [5, 5.41) is 12.8. The van der Waals surface area contributed by atoms with Crippen LogP contribution in [-0.4, -0.2) is 23.2 Å². The highest BCUT2D eigenvalue weighted by molar-refractivity contribution is 5.70. The highest BCUT2D eigenvalue weighted by Crippen LogP contribution is 2.28. The Morgan fingerprint density at radius 1 is 1.06 bits per heavy atom. The third-order valence-electron chi connectivity index (χ3n) is 4.51. The van der Waals surface area contributed by atoms with Gasteiger partial charge in [-0.1, -0.05) is 13.3 Å². The zero-order chi connectivity index (χ0) is 12.3. The smallest absolute Gasteiger partial charge is 0.306 e. The lowest BCUT2D eigenvalue weighted by molar-refractivity contribution is -0.143. The number of hydrogen-bond donors (Lipinski definition) is 2. The molecule has 0 aromatic heterocycles. The van der Waals surface area contributed by atoms with Crippen molar-refractivity contribution in [1.82, 2.24) is 5.32 Å². The second-order valence-electron chi connectivity index (χ2n) is 6.02. The first kappa shape index (κ1) is 12.9. The molecule has 2 N–H and O–H groups in total. The van der Waals surface area contributed by atoms with Gasteiger partial charge in [-0.25, -0.2) is 0 Å². The van der Waals surface area contributed by atoms with Crippen molar-refractivity contribution in [3.63, 3.8) is 0 Å². The number of aliphatic carboxylic acids is 1. The van der Waals surface area contributed by atoms with E-state index in [0.29, 0.717) is 12.1 Å². The standard InChI is InChI=1S/C14H25NO2/c1-10-5-7-12(8-6-10)15-13-4-2-3-11(9-13)14(16)17/h10-13,15H,2-9H2,1H3,(H,16,17). The van der Waals surface area contributed by atoms with E-state index in [0.717, 1.165) is 31.6 Å². The van der Waals surface area contributed by atoms with E-state index in [4.69, 9.17) is 5.11 Å². The average Bonchev–Trinajstić information content (AvgIpc) is 2.32. The van der Waals surface area contributed by atoms with Crippen LogP contribution >= 0.6 is 0 Å². The van der Waals surface area contributed by atoms with Gasteiger partial charge in [-0.3, -0.25) is 4.79 Å². The van der Waals surface area contributed by atoms with E-state index in [-0.39, 0.29) is 5.92 Å². The molecule has 0 saturated heterocycles. The first-order valence-corrected chi connectivity index (χ1v) is 7.14. The van der Waals surface area contributed by atoms with E-state index in [1.807, 2.05) is 0 Å². The summed E-state index contributed by atoms with van der Waals surface area (Å²) in [6, 6.07) is 1.09. The Balaban J connectivity index is 1.76. The maximum atomic E-state index is 11.0. The SMILES string of the molecule is CC1CCC(NC2CCCC(C(=O)O)C2)CC1. The second kappa shape index (κ2) is 5.85. The van der Waals surface area contributed by atoms with Crippen LogP contribution in [0.5, 0.6) is 0 Å². The quantitative estimate of drug-likeness (QED) is 0.796. The minimum Gasteiger partial charge on any atom is -0.481 e. The van der Waals surface area contributed by atoms with Crippen molar-refractivity contribution in [3.8, 4) is 0 Å².